The van der Waals surface area contributed by atoms with Crippen molar-refractivity contribution in [3.05, 3.63) is 0 Å². The molecular weight excluding hydrogens is 757 g/mol. The molecule has 1 unspecified atom stereocenters. The highest BCUT2D eigenvalue weighted by atomic mass is 16.6. The van der Waals surface area contributed by atoms with Crippen LogP contribution < -0.4 is 0 Å². The lowest BCUT2D eigenvalue weighted by molar-refractivity contribution is -0.167. The van der Waals surface area contributed by atoms with Crippen LogP contribution in [0.3, 0.4) is 0 Å². The van der Waals surface area contributed by atoms with E-state index in [4.69, 9.17) is 14.2 Å². The molecule has 0 aromatic carbocycles. The Kier molecular flexibility index (Phi) is 48.1. The number of unbranched alkanes of at least 4 members (excludes halogenated alkanes) is 36. The molecule has 6 nitrogen and oxygen atoms in total. The smallest absolute Gasteiger partial charge is 0.306 e. The maximum Gasteiger partial charge on any atom is 0.306 e. The largest absolute Gasteiger partial charge is 0.462 e. The van der Waals surface area contributed by atoms with Crippen molar-refractivity contribution in [1.29, 1.82) is 0 Å². The van der Waals surface area contributed by atoms with Crippen molar-refractivity contribution < 1.29 is 28.6 Å². The fourth-order valence-corrected chi connectivity index (χ4v) is 8.36. The van der Waals surface area contributed by atoms with E-state index in [1.54, 1.807) is 0 Å². The zero-order valence-corrected chi connectivity index (χ0v) is 41.6. The summed E-state index contributed by atoms with van der Waals surface area (Å²) >= 11 is 0. The van der Waals surface area contributed by atoms with Gasteiger partial charge in [0.2, 0.25) is 0 Å². The second-order valence-corrected chi connectivity index (χ2v) is 19.1. The second kappa shape index (κ2) is 49.4. The first kappa shape index (κ1) is 59.4. The number of carbonyl (C=O) groups is 3. The zero-order valence-electron chi connectivity index (χ0n) is 41.6. The number of hydrogen-bond donors (Lipinski definition) is 0. The van der Waals surface area contributed by atoms with Gasteiger partial charge in [-0.25, -0.2) is 0 Å². The lowest BCUT2D eigenvalue weighted by atomic mass is 10.00. The highest BCUT2D eigenvalue weighted by Crippen LogP contribution is 2.18. The van der Waals surface area contributed by atoms with E-state index < -0.39 is 6.10 Å². The van der Waals surface area contributed by atoms with Crippen molar-refractivity contribution in [1.82, 2.24) is 0 Å². The Morgan fingerprint density at radius 2 is 0.574 bits per heavy atom. The predicted molar refractivity (Wildman–Crippen MR) is 261 cm³/mol. The monoisotopic (exact) mass is 863 g/mol. The fraction of sp³-hybridized carbons (Fsp3) is 0.945. The molecule has 0 fully saturated rings. The van der Waals surface area contributed by atoms with Gasteiger partial charge in [0.25, 0.3) is 0 Å². The molecule has 0 saturated carbocycles. The summed E-state index contributed by atoms with van der Waals surface area (Å²) in [6.45, 7) is 9.01. The van der Waals surface area contributed by atoms with Gasteiger partial charge >= 0.3 is 17.9 Å². The minimum atomic E-state index is -0.762. The van der Waals surface area contributed by atoms with Gasteiger partial charge in [0.05, 0.1) is 0 Å². The molecule has 0 N–H and O–H groups in total. The lowest BCUT2D eigenvalue weighted by Crippen LogP contribution is -2.30. The Morgan fingerprint density at radius 1 is 0.328 bits per heavy atom. The van der Waals surface area contributed by atoms with Gasteiger partial charge in [-0.2, -0.15) is 0 Å². The summed E-state index contributed by atoms with van der Waals surface area (Å²) in [5.41, 5.74) is 0. The van der Waals surface area contributed by atoms with Gasteiger partial charge in [-0.1, -0.05) is 272 Å². The van der Waals surface area contributed by atoms with Gasteiger partial charge < -0.3 is 14.2 Å². The van der Waals surface area contributed by atoms with Crippen LogP contribution in [0.4, 0.5) is 0 Å². The van der Waals surface area contributed by atoms with E-state index in [1.807, 2.05) is 0 Å². The van der Waals surface area contributed by atoms with Crippen LogP contribution in [0, 0.1) is 5.92 Å². The summed E-state index contributed by atoms with van der Waals surface area (Å²) in [7, 11) is 0. The number of ether oxygens (including phenoxy) is 3. The lowest BCUT2D eigenvalue weighted by Gasteiger charge is -2.18. The van der Waals surface area contributed by atoms with E-state index >= 15 is 0 Å². The molecule has 0 aromatic heterocycles. The SMILES string of the molecule is CCCCCCCCCCCCCCCCCCCCC(=O)O[C@H](COC(=O)CCCCCCCCCCCCCCCCC)COC(=O)CCCCCCCCC(C)CC. The fourth-order valence-electron chi connectivity index (χ4n) is 8.36. The maximum absolute atomic E-state index is 12.8. The van der Waals surface area contributed by atoms with Crippen LogP contribution in [-0.4, -0.2) is 37.2 Å². The minimum absolute atomic E-state index is 0.0631. The summed E-state index contributed by atoms with van der Waals surface area (Å²) in [6.07, 6.45) is 52.4. The molecule has 0 bridgehead atoms. The summed E-state index contributed by atoms with van der Waals surface area (Å²) in [6, 6.07) is 0. The second-order valence-electron chi connectivity index (χ2n) is 19.1. The Morgan fingerprint density at radius 3 is 0.852 bits per heavy atom. The number of carbonyl (C=O) groups excluding carboxylic acids is 3. The molecule has 0 aliphatic rings. The van der Waals surface area contributed by atoms with Crippen molar-refractivity contribution in [2.45, 2.75) is 316 Å². The van der Waals surface area contributed by atoms with Crippen LogP contribution >= 0.6 is 0 Å². The van der Waals surface area contributed by atoms with Crippen LogP contribution in [0.5, 0.6) is 0 Å². The van der Waals surface area contributed by atoms with E-state index in [-0.39, 0.29) is 31.1 Å². The zero-order chi connectivity index (χ0) is 44.5. The molecule has 0 saturated heterocycles. The van der Waals surface area contributed by atoms with Gasteiger partial charge in [0, 0.05) is 19.3 Å². The van der Waals surface area contributed by atoms with E-state index in [0.717, 1.165) is 63.7 Å². The third-order valence-electron chi connectivity index (χ3n) is 12.9. The highest BCUT2D eigenvalue weighted by Gasteiger charge is 2.19. The van der Waals surface area contributed by atoms with Crippen molar-refractivity contribution >= 4 is 17.9 Å². The molecular formula is C55H106O6. The number of rotatable bonds is 50. The Labute approximate surface area is 380 Å². The first-order valence-electron chi connectivity index (χ1n) is 27.4. The summed E-state index contributed by atoms with van der Waals surface area (Å²) in [4.78, 5) is 38.0. The molecule has 6 heteroatoms. The average molecular weight is 863 g/mol. The molecule has 362 valence electrons. The third-order valence-corrected chi connectivity index (χ3v) is 12.9. The van der Waals surface area contributed by atoms with Gasteiger partial charge in [0.15, 0.2) is 6.10 Å². The van der Waals surface area contributed by atoms with Gasteiger partial charge in [-0.15, -0.1) is 0 Å². The topological polar surface area (TPSA) is 78.9 Å². The van der Waals surface area contributed by atoms with Crippen LogP contribution in [0.2, 0.25) is 0 Å². The first-order valence-corrected chi connectivity index (χ1v) is 27.4. The Hall–Kier alpha value is -1.59. The summed E-state index contributed by atoms with van der Waals surface area (Å²) in [5.74, 6) is -0.0294. The van der Waals surface area contributed by atoms with E-state index in [2.05, 4.69) is 27.7 Å². The predicted octanol–water partition coefficient (Wildman–Crippen LogP) is 17.8. The molecule has 0 spiro atoms. The molecule has 0 heterocycles. The van der Waals surface area contributed by atoms with Crippen LogP contribution in [-0.2, 0) is 28.6 Å². The Bertz CT molecular complexity index is 920. The van der Waals surface area contributed by atoms with Gasteiger partial charge in [-0.3, -0.25) is 14.4 Å². The van der Waals surface area contributed by atoms with Crippen LogP contribution in [0.1, 0.15) is 310 Å². The molecule has 0 aliphatic heterocycles. The summed E-state index contributed by atoms with van der Waals surface area (Å²) in [5, 5.41) is 0. The Balaban J connectivity index is 4.26. The normalized spacial score (nSPS) is 12.4. The van der Waals surface area contributed by atoms with E-state index in [0.29, 0.717) is 19.3 Å². The highest BCUT2D eigenvalue weighted by molar-refractivity contribution is 5.71. The maximum atomic E-state index is 12.8. The van der Waals surface area contributed by atoms with Crippen molar-refractivity contribution in [2.24, 2.45) is 5.92 Å². The third kappa shape index (κ3) is 47.7. The molecule has 61 heavy (non-hydrogen) atoms. The van der Waals surface area contributed by atoms with Gasteiger partial charge in [0.1, 0.15) is 13.2 Å². The first-order chi connectivity index (χ1) is 29.9. The van der Waals surface area contributed by atoms with Gasteiger partial charge in [-0.05, 0) is 25.2 Å². The van der Waals surface area contributed by atoms with Crippen LogP contribution in [0.25, 0.3) is 0 Å². The minimum Gasteiger partial charge on any atom is -0.462 e. The van der Waals surface area contributed by atoms with E-state index in [1.165, 1.54) is 205 Å². The van der Waals surface area contributed by atoms with Crippen molar-refractivity contribution in [3.8, 4) is 0 Å². The molecule has 0 radical (unpaired) electrons. The average Bonchev–Trinajstić information content (AvgIpc) is 3.26. The van der Waals surface area contributed by atoms with Crippen LogP contribution in [0.15, 0.2) is 0 Å². The summed E-state index contributed by atoms with van der Waals surface area (Å²) < 4.78 is 16.8. The molecule has 0 rings (SSSR count). The quantitative estimate of drug-likeness (QED) is 0.0344. The van der Waals surface area contributed by atoms with E-state index in [9.17, 15) is 14.4 Å². The molecule has 0 aromatic rings. The van der Waals surface area contributed by atoms with Crippen molar-refractivity contribution in [3.63, 3.8) is 0 Å². The number of hydrogen-bond acceptors (Lipinski definition) is 6. The standard InChI is InChI=1S/C55H106O6/c1-5-8-10-12-14-16-18-20-22-23-24-26-28-30-32-34-40-44-48-55(58)61-52(50-60-54(57)47-43-39-36-35-37-41-45-51(4)7-3)49-59-53(56)46-42-38-33-31-29-27-25-21-19-17-15-13-11-9-6-2/h51-52H,5-50H2,1-4H3/t51?,52-/m1/s1. The van der Waals surface area contributed by atoms with Crippen molar-refractivity contribution in [2.75, 3.05) is 13.2 Å². The molecule has 0 aliphatic carbocycles. The molecule has 2 atom stereocenters. The molecule has 0 amide bonds. The number of esters is 3.